The molecule has 0 aromatic carbocycles. The second-order valence-corrected chi connectivity index (χ2v) is 9.46. The molecule has 0 heterocycles. The van der Waals surface area contributed by atoms with Gasteiger partial charge in [-0.2, -0.15) is 0 Å². The minimum Gasteiger partial charge on any atom is -0.455 e. The molecule has 0 aromatic rings. The van der Waals surface area contributed by atoms with Crippen LogP contribution < -0.4 is 0 Å². The summed E-state index contributed by atoms with van der Waals surface area (Å²) in [5.41, 5.74) is -2.50. The lowest BCUT2D eigenvalue weighted by Gasteiger charge is -2.30. The van der Waals surface area contributed by atoms with Crippen LogP contribution in [-0.4, -0.2) is 33.8 Å². The molecular formula is C22H30O5. The standard InChI is InChI=1S/C22H30O5/c1-12-9-16-15(20(16,4)5)7-8-21(6,27-14(3)23)11-17-18(24)13(2)10-22(17,26)19(12)25/h10-12,15-16,26H,7-9H2,1-6H3/b17-11-/t12-,15+,16-,21+,22-/m1/s1. The van der Waals surface area contributed by atoms with Crippen LogP contribution in [0, 0.1) is 23.2 Å². The fourth-order valence-corrected chi connectivity index (χ4v) is 5.21. The Kier molecular flexibility index (Phi) is 4.54. The first-order valence-corrected chi connectivity index (χ1v) is 9.75. The van der Waals surface area contributed by atoms with Gasteiger partial charge in [-0.15, -0.1) is 0 Å². The summed E-state index contributed by atoms with van der Waals surface area (Å²) >= 11 is 0. The highest BCUT2D eigenvalue weighted by molar-refractivity contribution is 6.19. The van der Waals surface area contributed by atoms with Crippen molar-refractivity contribution in [2.45, 2.75) is 72.0 Å². The summed E-state index contributed by atoms with van der Waals surface area (Å²) in [6, 6.07) is 0. The van der Waals surface area contributed by atoms with Gasteiger partial charge >= 0.3 is 5.97 Å². The van der Waals surface area contributed by atoms with Crippen LogP contribution in [0.1, 0.15) is 60.8 Å². The molecule has 148 valence electrons. The Bertz CT molecular complexity index is 774. The van der Waals surface area contributed by atoms with Crippen molar-refractivity contribution >= 4 is 17.5 Å². The van der Waals surface area contributed by atoms with Crippen LogP contribution in [0.3, 0.4) is 0 Å². The molecule has 3 aliphatic rings. The molecule has 1 fully saturated rings. The molecule has 3 aliphatic carbocycles. The summed E-state index contributed by atoms with van der Waals surface area (Å²) in [5, 5.41) is 11.2. The summed E-state index contributed by atoms with van der Waals surface area (Å²) in [7, 11) is 0. The molecule has 5 heteroatoms. The van der Waals surface area contributed by atoms with E-state index in [4.69, 9.17) is 4.74 Å². The predicted octanol–water partition coefficient (Wildman–Crippen LogP) is 3.16. The maximum absolute atomic E-state index is 13.2. The Hall–Kier alpha value is -1.75. The van der Waals surface area contributed by atoms with Crippen LogP contribution in [0.2, 0.25) is 0 Å². The number of ether oxygens (including phenoxy) is 1. The van der Waals surface area contributed by atoms with Crippen LogP contribution in [0.4, 0.5) is 0 Å². The zero-order chi connectivity index (χ0) is 20.4. The van der Waals surface area contributed by atoms with E-state index in [1.54, 1.807) is 13.8 Å². The van der Waals surface area contributed by atoms with Gasteiger partial charge in [0.1, 0.15) is 5.60 Å². The molecule has 27 heavy (non-hydrogen) atoms. The molecule has 0 radical (unpaired) electrons. The number of esters is 1. The quantitative estimate of drug-likeness (QED) is 0.713. The molecule has 5 atom stereocenters. The van der Waals surface area contributed by atoms with Crippen LogP contribution in [0.15, 0.2) is 23.3 Å². The van der Waals surface area contributed by atoms with E-state index in [0.717, 1.165) is 6.42 Å². The molecule has 3 rings (SSSR count). The van der Waals surface area contributed by atoms with Crippen molar-refractivity contribution in [3.8, 4) is 0 Å². The van der Waals surface area contributed by atoms with Crippen molar-refractivity contribution in [1.82, 2.24) is 0 Å². The lowest BCUT2D eigenvalue weighted by Crippen LogP contribution is -2.43. The average molecular weight is 374 g/mol. The number of carbonyl (C=O) groups is 3. The number of hydrogen-bond donors (Lipinski definition) is 1. The second-order valence-electron chi connectivity index (χ2n) is 9.46. The van der Waals surface area contributed by atoms with Crippen LogP contribution in [0.5, 0.6) is 0 Å². The molecule has 0 saturated heterocycles. The largest absolute Gasteiger partial charge is 0.455 e. The Labute approximate surface area is 160 Å². The van der Waals surface area contributed by atoms with Crippen LogP contribution in [-0.2, 0) is 19.1 Å². The number of Topliss-reactive ketones (excluding diaryl/α,β-unsaturated/α-hetero) is 2. The van der Waals surface area contributed by atoms with E-state index < -0.39 is 17.2 Å². The number of fused-ring (bicyclic) bond motifs is 2. The summed E-state index contributed by atoms with van der Waals surface area (Å²) in [6.45, 7) is 10.9. The van der Waals surface area contributed by atoms with Gasteiger partial charge in [-0.25, -0.2) is 0 Å². The van der Waals surface area contributed by atoms with Gasteiger partial charge in [0.05, 0.1) is 0 Å². The monoisotopic (exact) mass is 374 g/mol. The Morgan fingerprint density at radius 1 is 1.19 bits per heavy atom. The lowest BCUT2D eigenvalue weighted by atomic mass is 9.81. The predicted molar refractivity (Wildman–Crippen MR) is 101 cm³/mol. The normalized spacial score (nSPS) is 42.9. The first kappa shape index (κ1) is 20.0. The number of rotatable bonds is 1. The van der Waals surface area contributed by atoms with Crippen molar-refractivity contribution in [2.24, 2.45) is 23.2 Å². The van der Waals surface area contributed by atoms with E-state index in [9.17, 15) is 19.5 Å². The van der Waals surface area contributed by atoms with E-state index in [0.29, 0.717) is 30.3 Å². The Morgan fingerprint density at radius 3 is 2.41 bits per heavy atom. The topological polar surface area (TPSA) is 80.7 Å². The van der Waals surface area contributed by atoms with E-state index >= 15 is 0 Å². The van der Waals surface area contributed by atoms with Crippen molar-refractivity contribution in [3.63, 3.8) is 0 Å². The van der Waals surface area contributed by atoms with E-state index in [1.165, 1.54) is 19.1 Å². The Morgan fingerprint density at radius 2 is 1.81 bits per heavy atom. The SMILES string of the molecule is CC(=O)O[C@]1(C)/C=C2/C(=O)C(C)=C[C@]2(O)C(=O)[C@H](C)C[C@@H]2[C@H](CC1)C2(C)C. The molecular weight excluding hydrogens is 344 g/mol. The van der Waals surface area contributed by atoms with Gasteiger partial charge in [-0.3, -0.25) is 14.4 Å². The molecule has 1 N–H and O–H groups in total. The number of allylic oxidation sites excluding steroid dienone is 1. The minimum atomic E-state index is -1.94. The molecule has 0 spiro atoms. The maximum Gasteiger partial charge on any atom is 0.303 e. The number of ketones is 2. The summed E-state index contributed by atoms with van der Waals surface area (Å²) in [6.07, 6.45) is 4.96. The van der Waals surface area contributed by atoms with Crippen molar-refractivity contribution in [1.29, 1.82) is 0 Å². The highest BCUT2D eigenvalue weighted by Crippen LogP contribution is 2.63. The van der Waals surface area contributed by atoms with Gasteiger partial charge in [-0.1, -0.05) is 20.8 Å². The molecule has 0 bridgehead atoms. The van der Waals surface area contributed by atoms with Crippen LogP contribution >= 0.6 is 0 Å². The molecule has 0 aromatic heterocycles. The number of aliphatic hydroxyl groups is 1. The van der Waals surface area contributed by atoms with Gasteiger partial charge < -0.3 is 9.84 Å². The third kappa shape index (κ3) is 3.20. The highest BCUT2D eigenvalue weighted by Gasteiger charge is 2.59. The summed E-state index contributed by atoms with van der Waals surface area (Å²) < 4.78 is 5.57. The fraction of sp³-hybridized carbons (Fsp3) is 0.682. The van der Waals surface area contributed by atoms with Gasteiger partial charge in [0.25, 0.3) is 0 Å². The van der Waals surface area contributed by atoms with E-state index in [-0.39, 0.29) is 28.5 Å². The first-order valence-electron chi connectivity index (χ1n) is 9.75. The fourth-order valence-electron chi connectivity index (χ4n) is 5.21. The average Bonchev–Trinajstić information content (AvgIpc) is 2.98. The van der Waals surface area contributed by atoms with Crippen molar-refractivity contribution in [3.05, 3.63) is 23.3 Å². The zero-order valence-corrected chi connectivity index (χ0v) is 17.1. The number of carbonyl (C=O) groups excluding carboxylic acids is 3. The maximum atomic E-state index is 13.2. The lowest BCUT2D eigenvalue weighted by molar-refractivity contribution is -0.151. The first-order chi connectivity index (χ1) is 12.3. The third-order valence-corrected chi connectivity index (χ3v) is 6.94. The minimum absolute atomic E-state index is 0.0235. The summed E-state index contributed by atoms with van der Waals surface area (Å²) in [4.78, 5) is 37.6. The second kappa shape index (κ2) is 6.13. The molecule has 1 saturated carbocycles. The van der Waals surface area contributed by atoms with Crippen molar-refractivity contribution in [2.75, 3.05) is 0 Å². The Balaban J connectivity index is 2.11. The molecule has 0 unspecified atom stereocenters. The van der Waals surface area contributed by atoms with Gasteiger partial charge in [-0.05, 0) is 68.1 Å². The van der Waals surface area contributed by atoms with Crippen LogP contribution in [0.25, 0.3) is 0 Å². The van der Waals surface area contributed by atoms with Gasteiger partial charge in [0, 0.05) is 18.4 Å². The molecule has 5 nitrogen and oxygen atoms in total. The van der Waals surface area contributed by atoms with E-state index in [2.05, 4.69) is 13.8 Å². The smallest absolute Gasteiger partial charge is 0.303 e. The van der Waals surface area contributed by atoms with Gasteiger partial charge in [0.2, 0.25) is 0 Å². The summed E-state index contributed by atoms with van der Waals surface area (Å²) in [5.74, 6) is -0.713. The van der Waals surface area contributed by atoms with Gasteiger partial charge in [0.15, 0.2) is 17.2 Å². The molecule has 0 aliphatic heterocycles. The third-order valence-electron chi connectivity index (χ3n) is 6.94. The van der Waals surface area contributed by atoms with Crippen molar-refractivity contribution < 1.29 is 24.2 Å². The van der Waals surface area contributed by atoms with E-state index in [1.807, 2.05) is 6.92 Å². The molecule has 0 amide bonds. The zero-order valence-electron chi connectivity index (χ0n) is 17.1. The number of hydrogen-bond acceptors (Lipinski definition) is 5. The highest BCUT2D eigenvalue weighted by atomic mass is 16.6.